The fourth-order valence-electron chi connectivity index (χ4n) is 3.89. The van der Waals surface area contributed by atoms with Gasteiger partial charge >= 0.3 is 5.97 Å². The van der Waals surface area contributed by atoms with Crippen LogP contribution in [0.5, 0.6) is 5.75 Å². The monoisotopic (exact) mass is 437 g/mol. The predicted octanol–water partition coefficient (Wildman–Crippen LogP) is 5.21. The average molecular weight is 438 g/mol. The Kier molecular flexibility index (Phi) is 6.51. The molecular weight excluding hydrogens is 410 g/mol. The summed E-state index contributed by atoms with van der Waals surface area (Å²) in [6.07, 6.45) is 4.75. The molecule has 1 aliphatic carbocycles. The molecule has 7 heteroatoms. The maximum absolute atomic E-state index is 11.0. The van der Waals surface area contributed by atoms with Gasteiger partial charge < -0.3 is 15.2 Å². The molecule has 2 aromatic heterocycles. The van der Waals surface area contributed by atoms with Gasteiger partial charge in [0.1, 0.15) is 16.6 Å². The molecule has 0 amide bonds. The Morgan fingerprint density at radius 3 is 2.87 bits per heavy atom. The highest BCUT2D eigenvalue weighted by atomic mass is 32.1. The maximum atomic E-state index is 11.0. The summed E-state index contributed by atoms with van der Waals surface area (Å²) in [6, 6.07) is 10.1. The van der Waals surface area contributed by atoms with E-state index in [0.29, 0.717) is 6.61 Å². The van der Waals surface area contributed by atoms with E-state index in [4.69, 9.17) is 9.84 Å². The Balaban J connectivity index is 1.21. The molecule has 4 rings (SSSR count). The molecule has 0 saturated carbocycles. The molecule has 1 aliphatic rings. The van der Waals surface area contributed by atoms with Crippen LogP contribution in [0.4, 0.5) is 5.82 Å². The molecule has 0 spiro atoms. The Morgan fingerprint density at radius 2 is 2.16 bits per heavy atom. The van der Waals surface area contributed by atoms with Crippen LogP contribution < -0.4 is 10.1 Å². The summed E-state index contributed by atoms with van der Waals surface area (Å²) in [7, 11) is 0. The van der Waals surface area contributed by atoms with Crippen molar-refractivity contribution in [3.05, 3.63) is 58.2 Å². The minimum absolute atomic E-state index is 0.133. The number of aryl methyl sites for hydroxylation is 3. The van der Waals surface area contributed by atoms with E-state index in [2.05, 4.69) is 28.3 Å². The minimum atomic E-state index is -0.733. The summed E-state index contributed by atoms with van der Waals surface area (Å²) in [6.45, 7) is 5.49. The smallest absolute Gasteiger partial charge is 0.303 e. The summed E-state index contributed by atoms with van der Waals surface area (Å²) >= 11 is 1.69. The summed E-state index contributed by atoms with van der Waals surface area (Å²) < 4.78 is 5.89. The zero-order valence-electron chi connectivity index (χ0n) is 17.9. The number of nitrogens with zero attached hydrogens (tertiary/aromatic N) is 2. The lowest BCUT2D eigenvalue weighted by Gasteiger charge is -2.11. The van der Waals surface area contributed by atoms with Crippen LogP contribution >= 0.6 is 11.3 Å². The zero-order chi connectivity index (χ0) is 21.8. The van der Waals surface area contributed by atoms with Crippen molar-refractivity contribution < 1.29 is 14.6 Å². The molecule has 2 N–H and O–H groups in total. The van der Waals surface area contributed by atoms with Gasteiger partial charge in [-0.05, 0) is 74.4 Å². The van der Waals surface area contributed by atoms with Crippen molar-refractivity contribution in [2.75, 3.05) is 18.5 Å². The SMILES string of the molecule is Cc1nc(-c2ccc(NCCCOc3ccc4c(c3)CC[C@H]4CC(=O)O)nc2)sc1C. The number of anilines is 1. The van der Waals surface area contributed by atoms with Crippen molar-refractivity contribution in [3.63, 3.8) is 0 Å². The van der Waals surface area contributed by atoms with Gasteiger partial charge in [-0.1, -0.05) is 6.07 Å². The molecule has 0 fully saturated rings. The fraction of sp³-hybridized carbons (Fsp3) is 0.375. The van der Waals surface area contributed by atoms with Crippen LogP contribution in [-0.2, 0) is 11.2 Å². The number of benzene rings is 1. The number of fused-ring (bicyclic) bond motifs is 1. The number of carbonyl (C=O) groups is 1. The van der Waals surface area contributed by atoms with Gasteiger partial charge in [0.05, 0.1) is 18.7 Å². The van der Waals surface area contributed by atoms with E-state index in [0.717, 1.165) is 59.2 Å². The van der Waals surface area contributed by atoms with Crippen LogP contribution in [0.25, 0.3) is 10.6 Å². The molecule has 3 aromatic rings. The third kappa shape index (κ3) is 5.22. The summed E-state index contributed by atoms with van der Waals surface area (Å²) in [5.41, 5.74) is 4.49. The highest BCUT2D eigenvalue weighted by Gasteiger charge is 2.24. The van der Waals surface area contributed by atoms with Gasteiger partial charge in [-0.25, -0.2) is 9.97 Å². The van der Waals surface area contributed by atoms with Crippen LogP contribution in [0.1, 0.15) is 46.9 Å². The van der Waals surface area contributed by atoms with Gasteiger partial charge in [-0.15, -0.1) is 11.3 Å². The maximum Gasteiger partial charge on any atom is 0.303 e. The lowest BCUT2D eigenvalue weighted by molar-refractivity contribution is -0.137. The Morgan fingerprint density at radius 1 is 1.29 bits per heavy atom. The number of aromatic nitrogens is 2. The van der Waals surface area contributed by atoms with E-state index in [1.165, 1.54) is 10.4 Å². The molecule has 31 heavy (non-hydrogen) atoms. The third-order valence-corrected chi connectivity index (χ3v) is 6.79. The predicted molar refractivity (Wildman–Crippen MR) is 123 cm³/mol. The third-order valence-electron chi connectivity index (χ3n) is 5.67. The van der Waals surface area contributed by atoms with Gasteiger partial charge in [0.15, 0.2) is 0 Å². The molecule has 0 saturated heterocycles. The van der Waals surface area contributed by atoms with Crippen molar-refractivity contribution >= 4 is 23.1 Å². The van der Waals surface area contributed by atoms with Crippen LogP contribution in [-0.4, -0.2) is 34.2 Å². The van der Waals surface area contributed by atoms with E-state index >= 15 is 0 Å². The van der Waals surface area contributed by atoms with Crippen molar-refractivity contribution in [1.29, 1.82) is 0 Å². The van der Waals surface area contributed by atoms with E-state index in [1.54, 1.807) is 11.3 Å². The molecule has 1 aromatic carbocycles. The highest BCUT2D eigenvalue weighted by Crippen LogP contribution is 2.37. The Hall–Kier alpha value is -2.93. The quantitative estimate of drug-likeness (QED) is 0.447. The molecule has 162 valence electrons. The second-order valence-electron chi connectivity index (χ2n) is 7.92. The molecule has 6 nitrogen and oxygen atoms in total. The molecule has 0 unspecified atom stereocenters. The highest BCUT2D eigenvalue weighted by molar-refractivity contribution is 7.15. The number of aliphatic carboxylic acids is 1. The first-order valence-corrected chi connectivity index (χ1v) is 11.4. The van der Waals surface area contributed by atoms with Gasteiger partial charge in [0.25, 0.3) is 0 Å². The van der Waals surface area contributed by atoms with Crippen LogP contribution in [0.3, 0.4) is 0 Å². The normalized spacial score (nSPS) is 15.0. The summed E-state index contributed by atoms with van der Waals surface area (Å²) in [4.78, 5) is 21.3. The fourth-order valence-corrected chi connectivity index (χ4v) is 4.80. The number of ether oxygens (including phenoxy) is 1. The van der Waals surface area contributed by atoms with Crippen molar-refractivity contribution in [3.8, 4) is 16.3 Å². The second-order valence-corrected chi connectivity index (χ2v) is 9.12. The molecular formula is C24H27N3O3S. The van der Waals surface area contributed by atoms with Gasteiger partial charge in [0.2, 0.25) is 0 Å². The Labute approximate surface area is 186 Å². The number of hydrogen-bond donors (Lipinski definition) is 2. The van der Waals surface area contributed by atoms with E-state index < -0.39 is 5.97 Å². The topological polar surface area (TPSA) is 84.3 Å². The minimum Gasteiger partial charge on any atom is -0.494 e. The van der Waals surface area contributed by atoms with Gasteiger partial charge in [-0.3, -0.25) is 4.79 Å². The largest absolute Gasteiger partial charge is 0.494 e. The summed E-state index contributed by atoms with van der Waals surface area (Å²) in [5, 5.41) is 13.4. The number of nitrogens with one attached hydrogen (secondary N) is 1. The standard InChI is InChI=1S/C24H27N3O3S/c1-15-16(2)31-24(27-15)19-6-9-22(26-14-19)25-10-3-11-30-20-7-8-21-17(12-20)4-5-18(21)13-23(28)29/h6-9,12,14,18H,3-5,10-11,13H2,1-2H3,(H,25,26)(H,28,29)/t18-/m0/s1. The number of hydrogen-bond acceptors (Lipinski definition) is 6. The number of pyridine rings is 1. The van der Waals surface area contributed by atoms with E-state index in [9.17, 15) is 4.79 Å². The molecule has 0 bridgehead atoms. The average Bonchev–Trinajstić information content (AvgIpc) is 3.30. The van der Waals surface area contributed by atoms with Crippen LogP contribution in [0, 0.1) is 13.8 Å². The van der Waals surface area contributed by atoms with Gasteiger partial charge in [-0.2, -0.15) is 0 Å². The van der Waals surface area contributed by atoms with Crippen molar-refractivity contribution in [2.45, 2.75) is 45.4 Å². The van der Waals surface area contributed by atoms with Crippen LogP contribution in [0.2, 0.25) is 0 Å². The van der Waals surface area contributed by atoms with Crippen molar-refractivity contribution in [1.82, 2.24) is 9.97 Å². The van der Waals surface area contributed by atoms with Crippen LogP contribution in [0.15, 0.2) is 36.5 Å². The number of carboxylic acids is 1. The van der Waals surface area contributed by atoms with Crippen molar-refractivity contribution in [2.24, 2.45) is 0 Å². The lowest BCUT2D eigenvalue weighted by Crippen LogP contribution is -2.08. The first-order chi connectivity index (χ1) is 15.0. The zero-order valence-corrected chi connectivity index (χ0v) is 18.7. The molecule has 2 heterocycles. The first kappa shape index (κ1) is 21.3. The van der Waals surface area contributed by atoms with E-state index in [1.807, 2.05) is 37.4 Å². The summed E-state index contributed by atoms with van der Waals surface area (Å²) in [5.74, 6) is 1.10. The van der Waals surface area contributed by atoms with E-state index in [-0.39, 0.29) is 12.3 Å². The number of thiazole rings is 1. The lowest BCUT2D eigenvalue weighted by atomic mass is 9.98. The molecule has 1 atom stereocenters. The first-order valence-electron chi connectivity index (χ1n) is 10.6. The number of carboxylic acid groups (broad SMARTS) is 1. The Bertz CT molecular complexity index is 1040. The van der Waals surface area contributed by atoms with Gasteiger partial charge in [0, 0.05) is 23.2 Å². The molecule has 0 radical (unpaired) electrons. The molecule has 0 aliphatic heterocycles. The number of rotatable bonds is 9. The second kappa shape index (κ2) is 9.47.